The summed E-state index contributed by atoms with van der Waals surface area (Å²) in [6.45, 7) is 0. The Morgan fingerprint density at radius 2 is 2.22 bits per heavy atom. The number of hydrogen-bond acceptors (Lipinski definition) is 1. The maximum absolute atomic E-state index is 10.4. The third kappa shape index (κ3) is 0.640. The van der Waals surface area contributed by atoms with Gasteiger partial charge in [0.05, 0.1) is 0 Å². The van der Waals surface area contributed by atoms with Crippen LogP contribution in [-0.2, 0) is 4.79 Å². The van der Waals surface area contributed by atoms with E-state index in [0.717, 1.165) is 18.6 Å². The molecule has 0 amide bonds. The smallest absolute Gasteiger partial charge is 0.123 e. The van der Waals surface area contributed by atoms with Crippen LogP contribution in [0.25, 0.3) is 0 Å². The summed E-state index contributed by atoms with van der Waals surface area (Å²) in [6, 6.07) is 0. The van der Waals surface area contributed by atoms with Crippen molar-refractivity contribution in [3.05, 3.63) is 12.2 Å². The predicted molar refractivity (Wildman–Crippen MR) is 34.9 cm³/mol. The number of aldehydes is 1. The standard InChI is InChI=1S/C8H10O/c9-5-8-4-6-1-2-7(8)3-6/h1-2,5-8H,3-4H2/t6-,7?,8?/m1/s1. The van der Waals surface area contributed by atoms with Crippen molar-refractivity contribution in [2.24, 2.45) is 17.8 Å². The molecule has 1 saturated carbocycles. The molecule has 0 saturated heterocycles. The zero-order valence-corrected chi connectivity index (χ0v) is 5.29. The average Bonchev–Trinajstić information content (AvgIpc) is 2.45. The van der Waals surface area contributed by atoms with Crippen LogP contribution in [0.2, 0.25) is 0 Å². The van der Waals surface area contributed by atoms with Crippen LogP contribution in [-0.4, -0.2) is 6.29 Å². The molecule has 0 aliphatic heterocycles. The maximum atomic E-state index is 10.4. The Morgan fingerprint density at radius 3 is 2.56 bits per heavy atom. The molecule has 0 spiro atoms. The fourth-order valence-corrected chi connectivity index (χ4v) is 1.98. The van der Waals surface area contributed by atoms with Crippen molar-refractivity contribution >= 4 is 6.29 Å². The van der Waals surface area contributed by atoms with Crippen molar-refractivity contribution in [1.29, 1.82) is 0 Å². The lowest BCUT2D eigenvalue weighted by molar-refractivity contribution is -0.111. The van der Waals surface area contributed by atoms with Crippen LogP contribution in [0.15, 0.2) is 12.2 Å². The van der Waals surface area contributed by atoms with Gasteiger partial charge in [0.25, 0.3) is 0 Å². The van der Waals surface area contributed by atoms with Crippen molar-refractivity contribution in [3.63, 3.8) is 0 Å². The van der Waals surface area contributed by atoms with E-state index in [4.69, 9.17) is 0 Å². The molecule has 2 rings (SSSR count). The van der Waals surface area contributed by atoms with E-state index in [1.54, 1.807) is 0 Å². The molecule has 2 unspecified atom stereocenters. The van der Waals surface area contributed by atoms with Gasteiger partial charge in [-0.1, -0.05) is 12.2 Å². The Kier molecular flexibility index (Phi) is 0.981. The highest BCUT2D eigenvalue weighted by Gasteiger charge is 2.34. The monoisotopic (exact) mass is 122 g/mol. The average molecular weight is 122 g/mol. The topological polar surface area (TPSA) is 17.1 Å². The lowest BCUT2D eigenvalue weighted by atomic mass is 9.95. The Balaban J connectivity index is 2.19. The Labute approximate surface area is 54.8 Å². The van der Waals surface area contributed by atoms with E-state index in [9.17, 15) is 4.79 Å². The van der Waals surface area contributed by atoms with Crippen molar-refractivity contribution < 1.29 is 4.79 Å². The van der Waals surface area contributed by atoms with E-state index in [0.29, 0.717) is 11.8 Å². The summed E-state index contributed by atoms with van der Waals surface area (Å²) in [4.78, 5) is 10.4. The van der Waals surface area contributed by atoms with E-state index in [1.807, 2.05) is 0 Å². The molecule has 3 atom stereocenters. The first-order chi connectivity index (χ1) is 4.40. The first-order valence-electron chi connectivity index (χ1n) is 3.54. The van der Waals surface area contributed by atoms with Gasteiger partial charge >= 0.3 is 0 Å². The molecule has 0 N–H and O–H groups in total. The summed E-state index contributed by atoms with van der Waals surface area (Å²) in [5, 5.41) is 0. The van der Waals surface area contributed by atoms with Crippen LogP contribution in [0.5, 0.6) is 0 Å². The molecule has 9 heavy (non-hydrogen) atoms. The SMILES string of the molecule is O=CC1C[C@@H]2C=CC1C2. The van der Waals surface area contributed by atoms with Gasteiger partial charge in [0.2, 0.25) is 0 Å². The Hall–Kier alpha value is -0.590. The number of allylic oxidation sites excluding steroid dienone is 2. The molecule has 1 nitrogen and oxygen atoms in total. The lowest BCUT2D eigenvalue weighted by Crippen LogP contribution is -2.07. The Morgan fingerprint density at radius 1 is 1.33 bits per heavy atom. The highest BCUT2D eigenvalue weighted by molar-refractivity contribution is 5.56. The molecular weight excluding hydrogens is 112 g/mol. The summed E-state index contributed by atoms with van der Waals surface area (Å²) in [5.74, 6) is 1.71. The fraction of sp³-hybridized carbons (Fsp3) is 0.625. The van der Waals surface area contributed by atoms with Gasteiger partial charge in [-0.15, -0.1) is 0 Å². The predicted octanol–water partition coefficient (Wildman–Crippen LogP) is 1.40. The maximum Gasteiger partial charge on any atom is 0.123 e. The summed E-state index contributed by atoms with van der Waals surface area (Å²) in [7, 11) is 0. The first-order valence-corrected chi connectivity index (χ1v) is 3.54. The molecule has 0 radical (unpaired) electrons. The second-order valence-corrected chi connectivity index (χ2v) is 3.08. The number of rotatable bonds is 1. The molecule has 2 aliphatic rings. The summed E-state index contributed by atoms with van der Waals surface area (Å²) >= 11 is 0. The second-order valence-electron chi connectivity index (χ2n) is 3.08. The van der Waals surface area contributed by atoms with Crippen LogP contribution in [0.4, 0.5) is 0 Å². The molecular formula is C8H10O. The molecule has 0 aromatic rings. The highest BCUT2D eigenvalue weighted by Crippen LogP contribution is 2.42. The molecule has 2 bridgehead atoms. The molecule has 2 aliphatic carbocycles. The molecule has 48 valence electrons. The fourth-order valence-electron chi connectivity index (χ4n) is 1.98. The van der Waals surface area contributed by atoms with Crippen LogP contribution in [0.3, 0.4) is 0 Å². The number of hydrogen-bond donors (Lipinski definition) is 0. The first kappa shape index (κ1) is 5.21. The molecule has 1 heteroatoms. The van der Waals surface area contributed by atoms with Gasteiger partial charge in [0.1, 0.15) is 6.29 Å². The van der Waals surface area contributed by atoms with E-state index < -0.39 is 0 Å². The number of fused-ring (bicyclic) bond motifs is 2. The van der Waals surface area contributed by atoms with Gasteiger partial charge in [-0.2, -0.15) is 0 Å². The van der Waals surface area contributed by atoms with E-state index in [1.165, 1.54) is 6.42 Å². The van der Waals surface area contributed by atoms with Gasteiger partial charge in [0, 0.05) is 5.92 Å². The third-order valence-corrected chi connectivity index (χ3v) is 2.51. The lowest BCUT2D eigenvalue weighted by Gasteiger charge is -2.08. The molecule has 0 aromatic carbocycles. The van der Waals surface area contributed by atoms with E-state index in [2.05, 4.69) is 12.2 Å². The van der Waals surface area contributed by atoms with E-state index >= 15 is 0 Å². The van der Waals surface area contributed by atoms with Gasteiger partial charge in [-0.3, -0.25) is 0 Å². The van der Waals surface area contributed by atoms with Crippen LogP contribution in [0.1, 0.15) is 12.8 Å². The summed E-state index contributed by atoms with van der Waals surface area (Å²) < 4.78 is 0. The van der Waals surface area contributed by atoms with Crippen LogP contribution in [0, 0.1) is 17.8 Å². The third-order valence-electron chi connectivity index (χ3n) is 2.51. The van der Waals surface area contributed by atoms with Crippen LogP contribution < -0.4 is 0 Å². The molecule has 0 aromatic heterocycles. The Bertz CT molecular complexity index is 160. The van der Waals surface area contributed by atoms with Crippen molar-refractivity contribution in [3.8, 4) is 0 Å². The van der Waals surface area contributed by atoms with Gasteiger partial charge < -0.3 is 4.79 Å². The molecule has 0 heterocycles. The van der Waals surface area contributed by atoms with Crippen molar-refractivity contribution in [2.45, 2.75) is 12.8 Å². The minimum atomic E-state index is 0.361. The van der Waals surface area contributed by atoms with E-state index in [-0.39, 0.29) is 0 Å². The largest absolute Gasteiger partial charge is 0.303 e. The minimum Gasteiger partial charge on any atom is -0.303 e. The van der Waals surface area contributed by atoms with Gasteiger partial charge in [-0.05, 0) is 24.7 Å². The number of carbonyl (C=O) groups is 1. The normalized spacial score (nSPS) is 46.0. The highest BCUT2D eigenvalue weighted by atomic mass is 16.1. The van der Waals surface area contributed by atoms with Gasteiger partial charge in [-0.25, -0.2) is 0 Å². The van der Waals surface area contributed by atoms with Crippen LogP contribution >= 0.6 is 0 Å². The van der Waals surface area contributed by atoms with Crippen molar-refractivity contribution in [1.82, 2.24) is 0 Å². The molecule has 1 fully saturated rings. The summed E-state index contributed by atoms with van der Waals surface area (Å²) in [6.07, 6.45) is 7.93. The van der Waals surface area contributed by atoms with Crippen molar-refractivity contribution in [2.75, 3.05) is 0 Å². The summed E-state index contributed by atoms with van der Waals surface area (Å²) in [5.41, 5.74) is 0. The second kappa shape index (κ2) is 1.69. The minimum absolute atomic E-state index is 0.361. The zero-order chi connectivity index (χ0) is 6.27. The quantitative estimate of drug-likeness (QED) is 0.379. The number of carbonyl (C=O) groups excluding carboxylic acids is 1. The van der Waals surface area contributed by atoms with Gasteiger partial charge in [0.15, 0.2) is 0 Å². The zero-order valence-electron chi connectivity index (χ0n) is 5.29.